The fourth-order valence-electron chi connectivity index (χ4n) is 2.32. The van der Waals surface area contributed by atoms with E-state index in [2.05, 4.69) is 10.1 Å². The van der Waals surface area contributed by atoms with Crippen molar-refractivity contribution in [3.63, 3.8) is 0 Å². The average Bonchev–Trinajstić information content (AvgIpc) is 2.82. The largest absolute Gasteiger partial charge is 0.481 e. The molecule has 0 aromatic carbocycles. The van der Waals surface area contributed by atoms with Crippen LogP contribution in [0.25, 0.3) is 0 Å². The van der Waals surface area contributed by atoms with Crippen molar-refractivity contribution in [2.45, 2.75) is 31.7 Å². The summed E-state index contributed by atoms with van der Waals surface area (Å²) in [6, 6.07) is 0. The molecular weight excluding hydrogens is 222 g/mol. The van der Waals surface area contributed by atoms with Crippen molar-refractivity contribution in [2.24, 2.45) is 5.92 Å². The fourth-order valence-corrected chi connectivity index (χ4v) is 2.32. The Hall–Kier alpha value is -1.43. The summed E-state index contributed by atoms with van der Waals surface area (Å²) in [5, 5.41) is 13.0. The van der Waals surface area contributed by atoms with E-state index in [1.165, 1.54) is 0 Å². The fraction of sp³-hybridized carbons (Fsp3) is 0.727. The van der Waals surface area contributed by atoms with Crippen molar-refractivity contribution in [3.05, 3.63) is 11.7 Å². The van der Waals surface area contributed by atoms with Crippen molar-refractivity contribution < 1.29 is 14.4 Å². The highest BCUT2D eigenvalue weighted by Crippen LogP contribution is 2.38. The number of carbonyl (C=O) groups is 1. The number of hydrogen-bond acceptors (Lipinski definition) is 5. The molecule has 0 bridgehead atoms. The minimum absolute atomic E-state index is 0.115. The van der Waals surface area contributed by atoms with Crippen LogP contribution in [0.5, 0.6) is 0 Å². The van der Waals surface area contributed by atoms with E-state index in [1.54, 1.807) is 0 Å². The van der Waals surface area contributed by atoms with E-state index in [0.29, 0.717) is 24.7 Å². The molecule has 2 rings (SSSR count). The SMILES string of the molecule is CN(C)Cc1noc(C2CCCC2C(=O)O)n1. The Morgan fingerprint density at radius 3 is 2.94 bits per heavy atom. The number of aromatic nitrogens is 2. The zero-order chi connectivity index (χ0) is 12.4. The first-order valence-corrected chi connectivity index (χ1v) is 5.78. The second-order valence-corrected chi connectivity index (χ2v) is 4.77. The molecule has 17 heavy (non-hydrogen) atoms. The van der Waals surface area contributed by atoms with E-state index in [0.717, 1.165) is 12.8 Å². The summed E-state index contributed by atoms with van der Waals surface area (Å²) in [4.78, 5) is 17.3. The van der Waals surface area contributed by atoms with Gasteiger partial charge in [-0.15, -0.1) is 0 Å². The van der Waals surface area contributed by atoms with Gasteiger partial charge in [-0.05, 0) is 26.9 Å². The van der Waals surface area contributed by atoms with Crippen LogP contribution in [0.4, 0.5) is 0 Å². The topological polar surface area (TPSA) is 79.5 Å². The third-order valence-electron chi connectivity index (χ3n) is 3.09. The van der Waals surface area contributed by atoms with Gasteiger partial charge >= 0.3 is 5.97 Å². The number of rotatable bonds is 4. The average molecular weight is 239 g/mol. The lowest BCUT2D eigenvalue weighted by molar-refractivity contribution is -0.142. The zero-order valence-corrected chi connectivity index (χ0v) is 10.1. The lowest BCUT2D eigenvalue weighted by Crippen LogP contribution is -2.17. The van der Waals surface area contributed by atoms with Crippen LogP contribution in [0, 0.1) is 5.92 Å². The molecule has 1 aliphatic carbocycles. The molecule has 2 atom stereocenters. The predicted octanol–water partition coefficient (Wildman–Crippen LogP) is 1.10. The maximum absolute atomic E-state index is 11.1. The van der Waals surface area contributed by atoms with Gasteiger partial charge in [0.1, 0.15) is 0 Å². The smallest absolute Gasteiger partial charge is 0.307 e. The Balaban J connectivity index is 2.11. The molecule has 0 amide bonds. The Morgan fingerprint density at radius 1 is 1.53 bits per heavy atom. The van der Waals surface area contributed by atoms with Crippen molar-refractivity contribution in [2.75, 3.05) is 14.1 Å². The molecule has 1 aromatic rings. The molecule has 1 heterocycles. The highest BCUT2D eigenvalue weighted by Gasteiger charge is 2.37. The third kappa shape index (κ3) is 2.63. The number of aliphatic carboxylic acids is 1. The number of carboxylic acids is 1. The van der Waals surface area contributed by atoms with Gasteiger partial charge in [0.25, 0.3) is 0 Å². The summed E-state index contributed by atoms with van der Waals surface area (Å²) < 4.78 is 5.18. The summed E-state index contributed by atoms with van der Waals surface area (Å²) >= 11 is 0. The first-order valence-electron chi connectivity index (χ1n) is 5.78. The van der Waals surface area contributed by atoms with Gasteiger partial charge in [0.05, 0.1) is 18.4 Å². The van der Waals surface area contributed by atoms with Crippen LogP contribution in [0.1, 0.15) is 36.9 Å². The molecule has 2 unspecified atom stereocenters. The van der Waals surface area contributed by atoms with Crippen LogP contribution in [0.15, 0.2) is 4.52 Å². The quantitative estimate of drug-likeness (QED) is 0.847. The van der Waals surface area contributed by atoms with E-state index < -0.39 is 5.97 Å². The normalized spacial score (nSPS) is 24.4. The van der Waals surface area contributed by atoms with Crippen molar-refractivity contribution in [3.8, 4) is 0 Å². The second kappa shape index (κ2) is 4.83. The second-order valence-electron chi connectivity index (χ2n) is 4.77. The van der Waals surface area contributed by atoms with Crippen LogP contribution >= 0.6 is 0 Å². The number of hydrogen-bond donors (Lipinski definition) is 1. The van der Waals surface area contributed by atoms with Gasteiger partial charge in [-0.25, -0.2) is 0 Å². The van der Waals surface area contributed by atoms with Gasteiger partial charge in [0, 0.05) is 0 Å². The summed E-state index contributed by atoms with van der Waals surface area (Å²) in [6.45, 7) is 0.605. The summed E-state index contributed by atoms with van der Waals surface area (Å²) in [7, 11) is 3.84. The lowest BCUT2D eigenvalue weighted by Gasteiger charge is -2.10. The molecule has 94 valence electrons. The van der Waals surface area contributed by atoms with Crippen molar-refractivity contribution in [1.82, 2.24) is 15.0 Å². The molecule has 0 saturated heterocycles. The number of nitrogens with zero attached hydrogens (tertiary/aromatic N) is 3. The maximum Gasteiger partial charge on any atom is 0.307 e. The Kier molecular flexibility index (Phi) is 3.42. The van der Waals surface area contributed by atoms with E-state index in [-0.39, 0.29) is 11.8 Å². The van der Waals surface area contributed by atoms with E-state index in [4.69, 9.17) is 9.63 Å². The maximum atomic E-state index is 11.1. The minimum atomic E-state index is -0.764. The van der Waals surface area contributed by atoms with Gasteiger partial charge in [-0.2, -0.15) is 4.98 Å². The molecular formula is C11H17N3O3. The van der Waals surface area contributed by atoms with Crippen LogP contribution < -0.4 is 0 Å². The van der Waals surface area contributed by atoms with Gasteiger partial charge in [0.15, 0.2) is 5.82 Å². The summed E-state index contributed by atoms with van der Waals surface area (Å²) in [5.41, 5.74) is 0. The summed E-state index contributed by atoms with van der Waals surface area (Å²) in [6.07, 6.45) is 2.43. The van der Waals surface area contributed by atoms with Crippen molar-refractivity contribution in [1.29, 1.82) is 0 Å². The molecule has 1 aliphatic rings. The van der Waals surface area contributed by atoms with Crippen molar-refractivity contribution >= 4 is 5.97 Å². The Bertz CT molecular complexity index is 402. The van der Waals surface area contributed by atoms with Crippen LogP contribution in [-0.2, 0) is 11.3 Å². The first kappa shape index (κ1) is 12.0. The Morgan fingerprint density at radius 2 is 2.29 bits per heavy atom. The highest BCUT2D eigenvalue weighted by atomic mass is 16.5. The van der Waals surface area contributed by atoms with Gasteiger partial charge < -0.3 is 14.5 Å². The molecule has 0 spiro atoms. The zero-order valence-electron chi connectivity index (χ0n) is 10.1. The molecule has 6 heteroatoms. The molecule has 0 radical (unpaired) electrons. The van der Waals surface area contributed by atoms with Crippen LogP contribution in [0.3, 0.4) is 0 Å². The predicted molar refractivity (Wildman–Crippen MR) is 59.4 cm³/mol. The lowest BCUT2D eigenvalue weighted by atomic mass is 9.96. The Labute approximate surface area is 99.6 Å². The molecule has 1 N–H and O–H groups in total. The summed E-state index contributed by atoms with van der Waals surface area (Å²) in [5.74, 6) is -0.161. The standard InChI is InChI=1S/C11H17N3O3/c1-14(2)6-9-12-10(17-13-9)7-4-3-5-8(7)11(15)16/h7-8H,3-6H2,1-2H3,(H,15,16). The van der Waals surface area contributed by atoms with Crippen LogP contribution in [-0.4, -0.2) is 40.2 Å². The molecule has 0 aliphatic heterocycles. The first-order chi connectivity index (χ1) is 8.08. The van der Waals surface area contributed by atoms with E-state index in [1.807, 2.05) is 19.0 Å². The molecule has 6 nitrogen and oxygen atoms in total. The number of carboxylic acid groups (broad SMARTS) is 1. The monoisotopic (exact) mass is 239 g/mol. The van der Waals surface area contributed by atoms with Gasteiger partial charge in [0.2, 0.25) is 5.89 Å². The molecule has 1 fully saturated rings. The molecule has 1 aromatic heterocycles. The van der Waals surface area contributed by atoms with Crippen LogP contribution in [0.2, 0.25) is 0 Å². The van der Waals surface area contributed by atoms with E-state index in [9.17, 15) is 4.79 Å². The third-order valence-corrected chi connectivity index (χ3v) is 3.09. The van der Waals surface area contributed by atoms with Gasteiger partial charge in [-0.1, -0.05) is 11.6 Å². The van der Waals surface area contributed by atoms with E-state index >= 15 is 0 Å². The molecule has 1 saturated carbocycles. The minimum Gasteiger partial charge on any atom is -0.481 e. The van der Waals surface area contributed by atoms with Gasteiger partial charge in [-0.3, -0.25) is 4.79 Å². The highest BCUT2D eigenvalue weighted by molar-refractivity contribution is 5.71.